The Balaban J connectivity index is 1.64. The van der Waals surface area contributed by atoms with Crippen LogP contribution < -0.4 is 11.0 Å². The molecule has 0 aliphatic rings. The summed E-state index contributed by atoms with van der Waals surface area (Å²) in [5.74, 6) is 0. The fraction of sp³-hybridized carbons (Fsp3) is 0.0667. The van der Waals surface area contributed by atoms with Crippen LogP contribution in [0.2, 0.25) is 0 Å². The predicted molar refractivity (Wildman–Crippen MR) is 79.2 cm³/mol. The minimum absolute atomic E-state index is 0.204. The number of carbonyl (C=O) groups is 1. The van der Waals surface area contributed by atoms with E-state index in [4.69, 9.17) is 4.74 Å². The van der Waals surface area contributed by atoms with Crippen LogP contribution in [0.25, 0.3) is 11.0 Å². The van der Waals surface area contributed by atoms with Crippen LogP contribution in [0.15, 0.2) is 53.3 Å². The Kier molecular flexibility index (Phi) is 3.42. The molecule has 0 spiro atoms. The molecule has 6 heteroatoms. The topological polar surface area (TPSA) is 87.0 Å². The highest BCUT2D eigenvalue weighted by Crippen LogP contribution is 2.14. The number of rotatable bonds is 3. The average molecular weight is 283 g/mol. The maximum Gasteiger partial charge on any atom is 0.411 e. The fourth-order valence-corrected chi connectivity index (χ4v) is 1.99. The molecule has 0 atom stereocenters. The number of ether oxygens (including phenoxy) is 1. The van der Waals surface area contributed by atoms with Gasteiger partial charge in [-0.25, -0.2) is 9.59 Å². The molecule has 0 saturated heterocycles. The van der Waals surface area contributed by atoms with E-state index in [1.54, 1.807) is 18.2 Å². The van der Waals surface area contributed by atoms with Crippen molar-refractivity contribution >= 4 is 22.8 Å². The number of fused-ring (bicyclic) bond motifs is 1. The number of hydrogen-bond acceptors (Lipinski definition) is 3. The molecule has 0 aliphatic heterocycles. The molecule has 6 nitrogen and oxygen atoms in total. The number of amides is 1. The summed E-state index contributed by atoms with van der Waals surface area (Å²) < 4.78 is 5.12. The molecular weight excluding hydrogens is 270 g/mol. The second-order valence-electron chi connectivity index (χ2n) is 4.53. The van der Waals surface area contributed by atoms with Gasteiger partial charge in [-0.05, 0) is 23.8 Å². The summed E-state index contributed by atoms with van der Waals surface area (Å²) in [6, 6.07) is 14.5. The minimum Gasteiger partial charge on any atom is -0.444 e. The zero-order valence-corrected chi connectivity index (χ0v) is 11.1. The molecule has 3 N–H and O–H groups in total. The van der Waals surface area contributed by atoms with Crippen molar-refractivity contribution < 1.29 is 9.53 Å². The highest BCUT2D eigenvalue weighted by atomic mass is 16.5. The van der Waals surface area contributed by atoms with Gasteiger partial charge in [0.15, 0.2) is 0 Å². The molecule has 106 valence electrons. The average Bonchev–Trinajstić information content (AvgIpc) is 2.85. The Bertz CT molecular complexity index is 821. The number of anilines is 1. The van der Waals surface area contributed by atoms with Gasteiger partial charge in [0.2, 0.25) is 0 Å². The van der Waals surface area contributed by atoms with Gasteiger partial charge in [0.1, 0.15) is 6.61 Å². The summed E-state index contributed by atoms with van der Waals surface area (Å²) in [4.78, 5) is 28.1. The lowest BCUT2D eigenvalue weighted by molar-refractivity contribution is 0.155. The Morgan fingerprint density at radius 3 is 2.62 bits per heavy atom. The maximum atomic E-state index is 11.7. The standard InChI is InChI=1S/C15H13N3O3/c19-14-17-12-7-6-11(8-13(12)18-14)16-15(20)21-9-10-4-2-1-3-5-10/h1-8H,9H2,(H,16,20)(H2,17,18,19). The van der Waals surface area contributed by atoms with Crippen molar-refractivity contribution in [2.24, 2.45) is 0 Å². The summed E-state index contributed by atoms with van der Waals surface area (Å²) in [7, 11) is 0. The SMILES string of the molecule is O=C(Nc1ccc2[nH]c(=O)[nH]c2c1)OCc1ccccc1. The molecule has 2 aromatic carbocycles. The van der Waals surface area contributed by atoms with Crippen molar-refractivity contribution in [1.82, 2.24) is 9.97 Å². The van der Waals surface area contributed by atoms with Crippen LogP contribution in [0, 0.1) is 0 Å². The molecule has 0 fully saturated rings. The van der Waals surface area contributed by atoms with Gasteiger partial charge in [0.25, 0.3) is 0 Å². The van der Waals surface area contributed by atoms with Gasteiger partial charge >= 0.3 is 11.8 Å². The zero-order valence-electron chi connectivity index (χ0n) is 11.1. The van der Waals surface area contributed by atoms with Gasteiger partial charge in [0, 0.05) is 5.69 Å². The third kappa shape index (κ3) is 3.11. The molecule has 3 rings (SSSR count). The van der Waals surface area contributed by atoms with Crippen LogP contribution in [0.1, 0.15) is 5.56 Å². The van der Waals surface area contributed by atoms with E-state index in [-0.39, 0.29) is 12.3 Å². The number of hydrogen-bond donors (Lipinski definition) is 3. The smallest absolute Gasteiger partial charge is 0.411 e. The molecule has 0 radical (unpaired) electrons. The lowest BCUT2D eigenvalue weighted by Crippen LogP contribution is -2.13. The Morgan fingerprint density at radius 2 is 1.81 bits per heavy atom. The van der Waals surface area contributed by atoms with Gasteiger partial charge in [-0.15, -0.1) is 0 Å². The van der Waals surface area contributed by atoms with Gasteiger partial charge in [-0.3, -0.25) is 5.32 Å². The van der Waals surface area contributed by atoms with Crippen molar-refractivity contribution in [2.75, 3.05) is 5.32 Å². The summed E-state index contributed by atoms with van der Waals surface area (Å²) in [6.07, 6.45) is -0.545. The molecule has 21 heavy (non-hydrogen) atoms. The van der Waals surface area contributed by atoms with Gasteiger partial charge < -0.3 is 14.7 Å². The van der Waals surface area contributed by atoms with E-state index in [9.17, 15) is 9.59 Å². The monoisotopic (exact) mass is 283 g/mol. The van der Waals surface area contributed by atoms with Crippen LogP contribution in [-0.4, -0.2) is 16.1 Å². The largest absolute Gasteiger partial charge is 0.444 e. The predicted octanol–water partition coefficient (Wildman–Crippen LogP) is 2.60. The fourth-order valence-electron chi connectivity index (χ4n) is 1.99. The number of carbonyl (C=O) groups excluding carboxylic acids is 1. The number of nitrogens with one attached hydrogen (secondary N) is 3. The third-order valence-corrected chi connectivity index (χ3v) is 2.98. The molecule has 0 unspecified atom stereocenters. The molecule has 0 aliphatic carbocycles. The third-order valence-electron chi connectivity index (χ3n) is 2.98. The van der Waals surface area contributed by atoms with E-state index >= 15 is 0 Å². The molecule has 1 amide bonds. The van der Waals surface area contributed by atoms with Crippen molar-refractivity contribution in [3.8, 4) is 0 Å². The van der Waals surface area contributed by atoms with E-state index in [1.165, 1.54) is 0 Å². The second kappa shape index (κ2) is 5.54. The van der Waals surface area contributed by atoms with Crippen molar-refractivity contribution in [3.05, 3.63) is 64.6 Å². The van der Waals surface area contributed by atoms with Crippen molar-refractivity contribution in [1.29, 1.82) is 0 Å². The van der Waals surface area contributed by atoms with Crippen LogP contribution >= 0.6 is 0 Å². The Labute approximate surface area is 119 Å². The lowest BCUT2D eigenvalue weighted by atomic mass is 10.2. The summed E-state index contributed by atoms with van der Waals surface area (Å²) >= 11 is 0. The van der Waals surface area contributed by atoms with Gasteiger partial charge in [-0.2, -0.15) is 0 Å². The number of imidazole rings is 1. The highest BCUT2D eigenvalue weighted by Gasteiger charge is 2.05. The molecule has 1 heterocycles. The van der Waals surface area contributed by atoms with Crippen molar-refractivity contribution in [2.45, 2.75) is 6.61 Å². The minimum atomic E-state index is -0.545. The van der Waals surface area contributed by atoms with Gasteiger partial charge in [0.05, 0.1) is 11.0 Å². The summed E-state index contributed by atoms with van der Waals surface area (Å²) in [5, 5.41) is 2.62. The zero-order chi connectivity index (χ0) is 14.7. The van der Waals surface area contributed by atoms with Gasteiger partial charge in [-0.1, -0.05) is 30.3 Å². The summed E-state index contributed by atoms with van der Waals surface area (Å²) in [6.45, 7) is 0.204. The van der Waals surface area contributed by atoms with Crippen molar-refractivity contribution in [3.63, 3.8) is 0 Å². The van der Waals surface area contributed by atoms with Crippen LogP contribution in [0.3, 0.4) is 0 Å². The molecule has 0 saturated carbocycles. The lowest BCUT2D eigenvalue weighted by Gasteiger charge is -2.07. The first-order valence-electron chi connectivity index (χ1n) is 6.40. The van der Waals surface area contributed by atoms with Crippen LogP contribution in [0.5, 0.6) is 0 Å². The van der Waals surface area contributed by atoms with Crippen LogP contribution in [0.4, 0.5) is 10.5 Å². The van der Waals surface area contributed by atoms with E-state index < -0.39 is 6.09 Å². The van der Waals surface area contributed by atoms with E-state index in [0.717, 1.165) is 5.56 Å². The highest BCUT2D eigenvalue weighted by molar-refractivity contribution is 5.88. The van der Waals surface area contributed by atoms with E-state index in [1.807, 2.05) is 30.3 Å². The molecular formula is C15H13N3O3. The van der Waals surface area contributed by atoms with E-state index in [2.05, 4.69) is 15.3 Å². The number of H-pyrrole nitrogens is 2. The second-order valence-corrected chi connectivity index (χ2v) is 4.53. The first-order chi connectivity index (χ1) is 10.2. The Hall–Kier alpha value is -3.02. The molecule has 3 aromatic rings. The first-order valence-corrected chi connectivity index (χ1v) is 6.40. The maximum absolute atomic E-state index is 11.7. The number of aromatic nitrogens is 2. The normalized spacial score (nSPS) is 10.5. The number of benzene rings is 2. The Morgan fingerprint density at radius 1 is 1.05 bits per heavy atom. The van der Waals surface area contributed by atoms with Crippen LogP contribution in [-0.2, 0) is 11.3 Å². The molecule has 0 bridgehead atoms. The number of aromatic amines is 2. The van der Waals surface area contributed by atoms with E-state index in [0.29, 0.717) is 16.7 Å². The first kappa shape index (κ1) is 13.0. The quantitative estimate of drug-likeness (QED) is 0.690. The molecule has 1 aromatic heterocycles. The summed E-state index contributed by atoms with van der Waals surface area (Å²) in [5.41, 5.74) is 2.49.